The number of hydrogen-bond donors (Lipinski definition) is 3. The first-order chi connectivity index (χ1) is 10.9. The zero-order valence-corrected chi connectivity index (χ0v) is 14.0. The van der Waals surface area contributed by atoms with Crippen molar-refractivity contribution >= 4 is 11.6 Å². The molecule has 0 aliphatic heterocycles. The minimum atomic E-state index is -0.0676. The number of pyridine rings is 1. The van der Waals surface area contributed by atoms with Crippen molar-refractivity contribution in [2.24, 2.45) is 0 Å². The van der Waals surface area contributed by atoms with Crippen LogP contribution in [0.1, 0.15) is 41.2 Å². The van der Waals surface area contributed by atoms with Crippen molar-refractivity contribution in [2.75, 3.05) is 5.32 Å². The summed E-state index contributed by atoms with van der Waals surface area (Å²) in [5.74, 6) is 0.106. The van der Waals surface area contributed by atoms with Gasteiger partial charge in [0.1, 0.15) is 11.4 Å². The van der Waals surface area contributed by atoms with Crippen LogP contribution in [0.2, 0.25) is 0 Å². The summed E-state index contributed by atoms with van der Waals surface area (Å²) in [5.41, 5.74) is 3.91. The Hall–Kier alpha value is -2.56. The molecule has 1 amide bonds. The number of anilines is 1. The van der Waals surface area contributed by atoms with Crippen LogP contribution in [0, 0.1) is 13.8 Å². The molecule has 0 saturated carbocycles. The average molecular weight is 313 g/mol. The molecule has 5 nitrogen and oxygen atoms in total. The van der Waals surface area contributed by atoms with E-state index in [1.165, 1.54) is 0 Å². The molecule has 0 aliphatic rings. The average Bonchev–Trinajstić information content (AvgIpc) is 2.47. The van der Waals surface area contributed by atoms with E-state index in [0.29, 0.717) is 17.8 Å². The van der Waals surface area contributed by atoms with E-state index in [-0.39, 0.29) is 17.7 Å². The van der Waals surface area contributed by atoms with Gasteiger partial charge in [0.15, 0.2) is 0 Å². The molecule has 0 saturated heterocycles. The third-order valence-corrected chi connectivity index (χ3v) is 3.44. The summed E-state index contributed by atoms with van der Waals surface area (Å²) in [6, 6.07) is 9.10. The Morgan fingerprint density at radius 3 is 2.61 bits per heavy atom. The molecule has 0 atom stereocenters. The Balaban J connectivity index is 2.09. The van der Waals surface area contributed by atoms with E-state index in [4.69, 9.17) is 0 Å². The van der Waals surface area contributed by atoms with E-state index >= 15 is 0 Å². The van der Waals surface area contributed by atoms with Gasteiger partial charge in [0, 0.05) is 23.0 Å². The molecular weight excluding hydrogens is 290 g/mol. The summed E-state index contributed by atoms with van der Waals surface area (Å²) in [7, 11) is 0. The van der Waals surface area contributed by atoms with Gasteiger partial charge in [-0.1, -0.05) is 0 Å². The molecule has 2 aromatic rings. The fraction of sp³-hybridized carbons (Fsp3) is 0.333. The molecule has 23 heavy (non-hydrogen) atoms. The molecule has 3 N–H and O–H groups in total. The second-order valence-electron chi connectivity index (χ2n) is 5.93. The number of hydrogen-bond acceptors (Lipinski definition) is 4. The monoisotopic (exact) mass is 313 g/mol. The van der Waals surface area contributed by atoms with Gasteiger partial charge in [-0.3, -0.25) is 9.78 Å². The lowest BCUT2D eigenvalue weighted by molar-refractivity contribution is 0.0942. The summed E-state index contributed by atoms with van der Waals surface area (Å²) >= 11 is 0. The van der Waals surface area contributed by atoms with Crippen LogP contribution < -0.4 is 10.6 Å². The highest BCUT2D eigenvalue weighted by atomic mass is 16.3. The normalized spacial score (nSPS) is 10.7. The van der Waals surface area contributed by atoms with E-state index in [0.717, 1.165) is 16.9 Å². The summed E-state index contributed by atoms with van der Waals surface area (Å²) in [4.78, 5) is 16.4. The molecule has 0 unspecified atom stereocenters. The summed E-state index contributed by atoms with van der Waals surface area (Å²) in [6.45, 7) is 8.08. The molecule has 0 bridgehead atoms. The van der Waals surface area contributed by atoms with Crippen molar-refractivity contribution in [3.05, 3.63) is 52.8 Å². The third kappa shape index (κ3) is 4.45. The van der Waals surface area contributed by atoms with Crippen LogP contribution in [0.3, 0.4) is 0 Å². The Labute approximate surface area is 136 Å². The second kappa shape index (κ2) is 7.13. The molecule has 5 heteroatoms. The quantitative estimate of drug-likeness (QED) is 0.793. The number of aryl methyl sites for hydroxylation is 2. The van der Waals surface area contributed by atoms with Gasteiger partial charge in [-0.2, -0.15) is 0 Å². The fourth-order valence-electron chi connectivity index (χ4n) is 2.29. The molecule has 1 aromatic carbocycles. The molecule has 0 aliphatic carbocycles. The largest absolute Gasteiger partial charge is 0.506 e. The van der Waals surface area contributed by atoms with Gasteiger partial charge >= 0.3 is 0 Å². The molecule has 2 rings (SSSR count). The minimum absolute atomic E-state index is 0.0676. The number of carbonyl (C=O) groups is 1. The highest BCUT2D eigenvalue weighted by Crippen LogP contribution is 2.19. The Kier molecular flexibility index (Phi) is 5.21. The van der Waals surface area contributed by atoms with Crippen LogP contribution in [0.15, 0.2) is 30.3 Å². The maximum atomic E-state index is 12.1. The van der Waals surface area contributed by atoms with E-state index in [1.54, 1.807) is 18.2 Å². The maximum Gasteiger partial charge on any atom is 0.251 e. The number of carbonyl (C=O) groups excluding carboxylic acids is 1. The van der Waals surface area contributed by atoms with Crippen LogP contribution in [0.5, 0.6) is 5.75 Å². The van der Waals surface area contributed by atoms with Gasteiger partial charge in [-0.25, -0.2) is 0 Å². The minimum Gasteiger partial charge on any atom is -0.506 e. The highest BCUT2D eigenvalue weighted by Gasteiger charge is 2.10. The summed E-state index contributed by atoms with van der Waals surface area (Å²) < 4.78 is 0. The van der Waals surface area contributed by atoms with E-state index < -0.39 is 0 Å². The summed E-state index contributed by atoms with van der Waals surface area (Å²) in [5, 5.41) is 15.9. The second-order valence-corrected chi connectivity index (χ2v) is 5.93. The molecule has 122 valence electrons. The van der Waals surface area contributed by atoms with Gasteiger partial charge in [0.25, 0.3) is 5.91 Å². The van der Waals surface area contributed by atoms with Crippen molar-refractivity contribution in [2.45, 2.75) is 40.3 Å². The van der Waals surface area contributed by atoms with Gasteiger partial charge in [0.2, 0.25) is 0 Å². The number of aromatic hydroxyl groups is 1. The molecule has 1 heterocycles. The van der Waals surface area contributed by atoms with Crippen LogP contribution in [0.25, 0.3) is 0 Å². The molecule has 0 fully saturated rings. The number of amides is 1. The van der Waals surface area contributed by atoms with E-state index in [1.807, 2.05) is 39.8 Å². The zero-order valence-electron chi connectivity index (χ0n) is 14.0. The highest BCUT2D eigenvalue weighted by molar-refractivity contribution is 5.96. The van der Waals surface area contributed by atoms with E-state index in [2.05, 4.69) is 15.6 Å². The van der Waals surface area contributed by atoms with Crippen molar-refractivity contribution in [3.63, 3.8) is 0 Å². The van der Waals surface area contributed by atoms with Crippen molar-refractivity contribution < 1.29 is 9.90 Å². The first-order valence-electron chi connectivity index (χ1n) is 7.67. The van der Waals surface area contributed by atoms with Crippen LogP contribution in [-0.2, 0) is 6.54 Å². The van der Waals surface area contributed by atoms with Gasteiger partial charge < -0.3 is 15.7 Å². The number of rotatable bonds is 5. The lowest BCUT2D eigenvalue weighted by atomic mass is 10.1. The number of aromatic nitrogens is 1. The molecular formula is C18H23N3O2. The van der Waals surface area contributed by atoms with Crippen LogP contribution >= 0.6 is 0 Å². The van der Waals surface area contributed by atoms with Crippen molar-refractivity contribution in [1.29, 1.82) is 0 Å². The molecule has 1 aromatic heterocycles. The third-order valence-electron chi connectivity index (χ3n) is 3.44. The number of benzene rings is 1. The predicted molar refractivity (Wildman–Crippen MR) is 91.7 cm³/mol. The lowest BCUT2D eigenvalue weighted by Crippen LogP contribution is -2.30. The smallest absolute Gasteiger partial charge is 0.251 e. The zero-order chi connectivity index (χ0) is 17.0. The SMILES string of the molecule is Cc1ccc(O)c(CNc2ccc(C(=O)NC(C)C)c(C)c2)n1. The van der Waals surface area contributed by atoms with Crippen LogP contribution in [-0.4, -0.2) is 22.0 Å². The van der Waals surface area contributed by atoms with Crippen LogP contribution in [0.4, 0.5) is 5.69 Å². The Morgan fingerprint density at radius 2 is 1.96 bits per heavy atom. The Morgan fingerprint density at radius 1 is 1.22 bits per heavy atom. The van der Waals surface area contributed by atoms with Crippen molar-refractivity contribution in [3.8, 4) is 5.75 Å². The Bertz CT molecular complexity index is 711. The fourth-order valence-corrected chi connectivity index (χ4v) is 2.29. The predicted octanol–water partition coefficient (Wildman–Crippen LogP) is 3.15. The first kappa shape index (κ1) is 16.8. The number of nitrogens with zero attached hydrogens (tertiary/aromatic N) is 1. The molecule has 0 spiro atoms. The van der Waals surface area contributed by atoms with Gasteiger partial charge in [0.05, 0.1) is 6.54 Å². The summed E-state index contributed by atoms with van der Waals surface area (Å²) in [6.07, 6.45) is 0. The first-order valence-corrected chi connectivity index (χ1v) is 7.67. The topological polar surface area (TPSA) is 74.2 Å². The van der Waals surface area contributed by atoms with Gasteiger partial charge in [-0.15, -0.1) is 0 Å². The lowest BCUT2D eigenvalue weighted by Gasteiger charge is -2.13. The number of nitrogens with one attached hydrogen (secondary N) is 2. The maximum absolute atomic E-state index is 12.1. The van der Waals surface area contributed by atoms with E-state index in [9.17, 15) is 9.90 Å². The standard InChI is InChI=1S/C18H23N3O2/c1-11(2)20-18(23)15-7-6-14(9-12(15)3)19-10-16-17(22)8-5-13(4)21-16/h5-9,11,19,22H,10H2,1-4H3,(H,20,23). The van der Waals surface area contributed by atoms with Crippen molar-refractivity contribution in [1.82, 2.24) is 10.3 Å². The molecule has 0 radical (unpaired) electrons. The van der Waals surface area contributed by atoms with Gasteiger partial charge in [-0.05, 0) is 63.6 Å².